The maximum atomic E-state index is 13.1. The van der Waals surface area contributed by atoms with E-state index < -0.39 is 6.10 Å². The van der Waals surface area contributed by atoms with Crippen LogP contribution >= 0.6 is 11.3 Å². The number of amides is 1. The number of aromatic nitrogens is 2. The van der Waals surface area contributed by atoms with E-state index in [-0.39, 0.29) is 11.9 Å². The summed E-state index contributed by atoms with van der Waals surface area (Å²) >= 11 is 1.47. The SMILES string of the molecule is Cc1ccc(-c2nc(C(=O)N3CC(O)CC3c3ccccc3)cs2)n1C. The van der Waals surface area contributed by atoms with Crippen molar-refractivity contribution >= 4 is 17.2 Å². The van der Waals surface area contributed by atoms with Gasteiger partial charge in [-0.3, -0.25) is 4.79 Å². The number of thiazole rings is 1. The Bertz CT molecular complexity index is 932. The molecule has 26 heavy (non-hydrogen) atoms. The Balaban J connectivity index is 1.62. The smallest absolute Gasteiger partial charge is 0.273 e. The molecule has 2 aromatic heterocycles. The molecule has 6 heteroatoms. The van der Waals surface area contributed by atoms with E-state index in [0.29, 0.717) is 18.7 Å². The van der Waals surface area contributed by atoms with Gasteiger partial charge in [-0.05, 0) is 31.0 Å². The van der Waals surface area contributed by atoms with E-state index >= 15 is 0 Å². The molecule has 1 aliphatic rings. The second-order valence-electron chi connectivity index (χ2n) is 6.73. The predicted octanol–water partition coefficient (Wildman–Crippen LogP) is 3.41. The molecule has 1 saturated heterocycles. The van der Waals surface area contributed by atoms with Crippen LogP contribution in [0, 0.1) is 6.92 Å². The van der Waals surface area contributed by atoms with Crippen molar-refractivity contribution in [2.75, 3.05) is 6.54 Å². The van der Waals surface area contributed by atoms with Gasteiger partial charge in [-0.25, -0.2) is 4.98 Å². The van der Waals surface area contributed by atoms with Gasteiger partial charge in [0.2, 0.25) is 0 Å². The van der Waals surface area contributed by atoms with Crippen molar-refractivity contribution in [3.05, 3.63) is 64.8 Å². The number of carbonyl (C=O) groups is 1. The molecule has 3 heterocycles. The number of likely N-dealkylation sites (tertiary alicyclic amines) is 1. The van der Waals surface area contributed by atoms with Crippen LogP contribution in [0.4, 0.5) is 0 Å². The lowest BCUT2D eigenvalue weighted by molar-refractivity contribution is 0.0711. The molecule has 134 valence electrons. The van der Waals surface area contributed by atoms with Crippen molar-refractivity contribution in [1.82, 2.24) is 14.5 Å². The Labute approximate surface area is 156 Å². The van der Waals surface area contributed by atoms with Crippen molar-refractivity contribution in [1.29, 1.82) is 0 Å². The van der Waals surface area contributed by atoms with Crippen LogP contribution in [0.1, 0.15) is 34.2 Å². The summed E-state index contributed by atoms with van der Waals surface area (Å²) in [4.78, 5) is 19.4. The zero-order valence-electron chi connectivity index (χ0n) is 14.8. The first-order valence-corrected chi connectivity index (χ1v) is 9.54. The number of β-amino-alcohol motifs (C(OH)–C–C–N with tert-alkyl or cyclic N) is 1. The number of nitrogens with zero attached hydrogens (tertiary/aromatic N) is 3. The topological polar surface area (TPSA) is 58.4 Å². The summed E-state index contributed by atoms with van der Waals surface area (Å²) in [5.41, 5.74) is 3.65. The van der Waals surface area contributed by atoms with Crippen LogP contribution in [0.2, 0.25) is 0 Å². The van der Waals surface area contributed by atoms with E-state index in [9.17, 15) is 9.90 Å². The summed E-state index contributed by atoms with van der Waals surface area (Å²) in [5, 5.41) is 12.8. The minimum Gasteiger partial charge on any atom is -0.391 e. The van der Waals surface area contributed by atoms with Gasteiger partial charge in [0.1, 0.15) is 10.7 Å². The van der Waals surface area contributed by atoms with Gasteiger partial charge >= 0.3 is 0 Å². The summed E-state index contributed by atoms with van der Waals surface area (Å²) in [6.45, 7) is 2.38. The number of aliphatic hydroxyl groups is 1. The molecule has 0 radical (unpaired) electrons. The van der Waals surface area contributed by atoms with E-state index in [1.165, 1.54) is 11.3 Å². The highest BCUT2D eigenvalue weighted by molar-refractivity contribution is 7.13. The Hall–Kier alpha value is -2.44. The number of hydrogen-bond donors (Lipinski definition) is 1. The van der Waals surface area contributed by atoms with Crippen molar-refractivity contribution in [2.45, 2.75) is 25.5 Å². The second kappa shape index (κ2) is 6.70. The molecule has 1 amide bonds. The van der Waals surface area contributed by atoms with Crippen LogP contribution in [-0.4, -0.2) is 38.1 Å². The van der Waals surface area contributed by atoms with E-state index in [0.717, 1.165) is 22.0 Å². The van der Waals surface area contributed by atoms with Crippen molar-refractivity contribution in [3.63, 3.8) is 0 Å². The van der Waals surface area contributed by atoms with E-state index in [2.05, 4.69) is 9.55 Å². The van der Waals surface area contributed by atoms with Gasteiger partial charge in [-0.2, -0.15) is 0 Å². The van der Waals surface area contributed by atoms with Crippen LogP contribution in [0.5, 0.6) is 0 Å². The molecule has 4 rings (SSSR count). The average Bonchev–Trinajstić information content (AvgIpc) is 3.35. The van der Waals surface area contributed by atoms with Crippen molar-refractivity contribution in [3.8, 4) is 10.7 Å². The summed E-state index contributed by atoms with van der Waals surface area (Å²) < 4.78 is 2.07. The molecule has 1 N–H and O–H groups in total. The summed E-state index contributed by atoms with van der Waals surface area (Å²) in [6.07, 6.45) is 0.0572. The lowest BCUT2D eigenvalue weighted by Crippen LogP contribution is -2.32. The molecule has 0 bridgehead atoms. The Kier molecular flexibility index (Phi) is 4.38. The van der Waals surface area contributed by atoms with Gasteiger partial charge in [0.15, 0.2) is 0 Å². The molecule has 0 saturated carbocycles. The van der Waals surface area contributed by atoms with Gasteiger partial charge in [0, 0.05) is 24.7 Å². The van der Waals surface area contributed by atoms with Crippen LogP contribution < -0.4 is 0 Å². The highest BCUT2D eigenvalue weighted by Gasteiger charge is 2.36. The molecule has 0 aliphatic carbocycles. The molecule has 3 aromatic rings. The standard InChI is InChI=1S/C20H21N3O2S/c1-13-8-9-17(22(13)2)19-21-16(12-26-19)20(25)23-11-15(24)10-18(23)14-6-4-3-5-7-14/h3-9,12,15,18,24H,10-11H2,1-2H3. The third-order valence-corrected chi connectivity index (χ3v) is 5.90. The van der Waals surface area contributed by atoms with Crippen LogP contribution in [0.3, 0.4) is 0 Å². The van der Waals surface area contributed by atoms with Gasteiger partial charge in [0.25, 0.3) is 5.91 Å². The van der Waals surface area contributed by atoms with E-state index in [1.807, 2.05) is 61.8 Å². The third kappa shape index (κ3) is 2.95. The monoisotopic (exact) mass is 367 g/mol. The molecule has 1 aromatic carbocycles. The summed E-state index contributed by atoms with van der Waals surface area (Å²) in [6, 6.07) is 13.8. The maximum Gasteiger partial charge on any atom is 0.273 e. The highest BCUT2D eigenvalue weighted by atomic mass is 32.1. The van der Waals surface area contributed by atoms with Gasteiger partial charge in [-0.1, -0.05) is 30.3 Å². The van der Waals surface area contributed by atoms with E-state index in [4.69, 9.17) is 0 Å². The Morgan fingerprint density at radius 2 is 2.00 bits per heavy atom. The molecule has 1 aliphatic heterocycles. The van der Waals surface area contributed by atoms with Crippen LogP contribution in [0.15, 0.2) is 47.8 Å². The normalized spacial score (nSPS) is 19.9. The minimum absolute atomic E-state index is 0.110. The van der Waals surface area contributed by atoms with E-state index in [1.54, 1.807) is 4.90 Å². The lowest BCUT2D eigenvalue weighted by atomic mass is 10.0. The first-order chi connectivity index (χ1) is 12.5. The number of rotatable bonds is 3. The molecule has 2 atom stereocenters. The van der Waals surface area contributed by atoms with Crippen molar-refractivity contribution in [2.24, 2.45) is 7.05 Å². The van der Waals surface area contributed by atoms with Gasteiger partial charge in [-0.15, -0.1) is 11.3 Å². The predicted molar refractivity (Wildman–Crippen MR) is 102 cm³/mol. The van der Waals surface area contributed by atoms with Crippen LogP contribution in [-0.2, 0) is 7.05 Å². The van der Waals surface area contributed by atoms with Crippen molar-refractivity contribution < 1.29 is 9.90 Å². The molecule has 1 fully saturated rings. The molecule has 5 nitrogen and oxygen atoms in total. The van der Waals surface area contributed by atoms with Gasteiger partial charge in [0.05, 0.1) is 17.8 Å². The highest BCUT2D eigenvalue weighted by Crippen LogP contribution is 2.34. The average molecular weight is 367 g/mol. The number of hydrogen-bond acceptors (Lipinski definition) is 4. The number of aryl methyl sites for hydroxylation is 1. The largest absolute Gasteiger partial charge is 0.391 e. The summed E-state index contributed by atoms with van der Waals surface area (Å²) in [5.74, 6) is -0.121. The molecule has 0 spiro atoms. The van der Waals surface area contributed by atoms with Crippen LogP contribution in [0.25, 0.3) is 10.7 Å². The maximum absolute atomic E-state index is 13.1. The minimum atomic E-state index is -0.502. The number of aliphatic hydroxyl groups excluding tert-OH is 1. The fourth-order valence-electron chi connectivity index (χ4n) is 3.49. The molecular formula is C20H21N3O2S. The quantitative estimate of drug-likeness (QED) is 0.772. The fourth-order valence-corrected chi connectivity index (χ4v) is 4.35. The molecule has 2 unspecified atom stereocenters. The first kappa shape index (κ1) is 17.0. The number of benzene rings is 1. The lowest BCUT2D eigenvalue weighted by Gasteiger charge is -2.24. The molecular weight excluding hydrogens is 346 g/mol. The summed E-state index contributed by atoms with van der Waals surface area (Å²) in [7, 11) is 2.00. The zero-order valence-corrected chi connectivity index (χ0v) is 15.6. The zero-order chi connectivity index (χ0) is 18.3. The Morgan fingerprint density at radius 1 is 1.23 bits per heavy atom. The first-order valence-electron chi connectivity index (χ1n) is 8.67. The third-order valence-electron chi connectivity index (χ3n) is 5.04. The second-order valence-corrected chi connectivity index (χ2v) is 7.59. The number of carbonyl (C=O) groups excluding carboxylic acids is 1. The fraction of sp³-hybridized carbons (Fsp3) is 0.300. The van der Waals surface area contributed by atoms with Gasteiger partial charge < -0.3 is 14.6 Å². The Morgan fingerprint density at radius 3 is 2.69 bits per heavy atom.